The number of aromatic nitrogens is 2. The number of hydrogen-bond acceptors (Lipinski definition) is 5. The van der Waals surface area contributed by atoms with E-state index in [1.54, 1.807) is 0 Å². The van der Waals surface area contributed by atoms with Crippen molar-refractivity contribution < 1.29 is 4.52 Å². The lowest BCUT2D eigenvalue weighted by Crippen LogP contribution is -2.41. The van der Waals surface area contributed by atoms with Crippen LogP contribution in [0.25, 0.3) is 0 Å². The highest BCUT2D eigenvalue weighted by Crippen LogP contribution is 2.26. The number of piperidine rings is 1. The predicted molar refractivity (Wildman–Crippen MR) is 91.7 cm³/mol. The van der Waals surface area contributed by atoms with Gasteiger partial charge in [-0.25, -0.2) is 0 Å². The molecule has 3 rings (SSSR count). The van der Waals surface area contributed by atoms with Crippen LogP contribution < -0.4 is 5.32 Å². The van der Waals surface area contributed by atoms with E-state index < -0.39 is 0 Å². The molecular formula is C18H32N4O. The summed E-state index contributed by atoms with van der Waals surface area (Å²) in [5.41, 5.74) is 0. The first-order chi connectivity index (χ1) is 11.2. The van der Waals surface area contributed by atoms with E-state index in [9.17, 15) is 0 Å². The fraction of sp³-hybridized carbons (Fsp3) is 0.889. The third-order valence-corrected chi connectivity index (χ3v) is 5.29. The Morgan fingerprint density at radius 2 is 2.00 bits per heavy atom. The Bertz CT molecular complexity index is 467. The van der Waals surface area contributed by atoms with Crippen molar-refractivity contribution in [3.05, 3.63) is 11.7 Å². The molecule has 5 nitrogen and oxygen atoms in total. The fourth-order valence-electron chi connectivity index (χ4n) is 3.85. The zero-order chi connectivity index (χ0) is 16.1. The highest BCUT2D eigenvalue weighted by Gasteiger charge is 2.25. The summed E-state index contributed by atoms with van der Waals surface area (Å²) in [7, 11) is 0. The van der Waals surface area contributed by atoms with Crippen LogP contribution in [0.1, 0.15) is 82.3 Å². The third kappa shape index (κ3) is 4.77. The molecule has 1 aromatic heterocycles. The molecule has 0 spiro atoms. The molecule has 0 bridgehead atoms. The Hall–Kier alpha value is -0.940. The number of rotatable bonds is 6. The molecule has 0 radical (unpaired) electrons. The fourth-order valence-corrected chi connectivity index (χ4v) is 3.85. The topological polar surface area (TPSA) is 54.2 Å². The van der Waals surface area contributed by atoms with Gasteiger partial charge in [0.1, 0.15) is 0 Å². The largest absolute Gasteiger partial charge is 0.339 e. The first kappa shape index (κ1) is 16.9. The zero-order valence-electron chi connectivity index (χ0n) is 14.8. The summed E-state index contributed by atoms with van der Waals surface area (Å²) in [5.74, 6) is 2.44. The van der Waals surface area contributed by atoms with E-state index in [1.165, 1.54) is 51.5 Å². The van der Waals surface area contributed by atoms with E-state index in [4.69, 9.17) is 4.52 Å². The molecule has 23 heavy (non-hydrogen) atoms. The minimum Gasteiger partial charge on any atom is -0.339 e. The van der Waals surface area contributed by atoms with Gasteiger partial charge in [-0.05, 0) is 32.2 Å². The first-order valence-electron chi connectivity index (χ1n) is 9.51. The lowest BCUT2D eigenvalue weighted by molar-refractivity contribution is 0.198. The first-order valence-corrected chi connectivity index (χ1v) is 9.51. The summed E-state index contributed by atoms with van der Waals surface area (Å²) < 4.78 is 5.38. The maximum absolute atomic E-state index is 5.38. The molecule has 1 aromatic rings. The molecule has 2 fully saturated rings. The summed E-state index contributed by atoms with van der Waals surface area (Å²) in [6.45, 7) is 8.73. The van der Waals surface area contributed by atoms with E-state index in [0.717, 1.165) is 37.4 Å². The molecule has 0 unspecified atom stereocenters. The molecule has 1 atom stereocenters. The zero-order valence-corrected chi connectivity index (χ0v) is 14.8. The molecule has 0 amide bonds. The van der Waals surface area contributed by atoms with Gasteiger partial charge in [-0.1, -0.05) is 38.3 Å². The lowest BCUT2D eigenvalue weighted by atomic mass is 9.95. The van der Waals surface area contributed by atoms with Gasteiger partial charge in [-0.15, -0.1) is 0 Å². The van der Waals surface area contributed by atoms with Crippen molar-refractivity contribution in [2.45, 2.75) is 76.7 Å². The number of hydrogen-bond donors (Lipinski definition) is 1. The molecule has 130 valence electrons. The standard InChI is InChI=1S/C18H32N4O/c1-14(2)18-20-17(21-23-18)15-7-6-11-22(13-15)12-10-19-16-8-4-3-5-9-16/h14-16,19H,3-13H2,1-2H3/t15-/m0/s1. The second kappa shape index (κ2) is 8.25. The molecule has 1 N–H and O–H groups in total. The maximum Gasteiger partial charge on any atom is 0.229 e. The molecule has 1 aliphatic heterocycles. The molecular weight excluding hydrogens is 288 g/mol. The summed E-state index contributed by atoms with van der Waals surface area (Å²) in [4.78, 5) is 7.17. The monoisotopic (exact) mass is 320 g/mol. The van der Waals surface area contributed by atoms with Gasteiger partial charge in [0.15, 0.2) is 5.82 Å². The normalized spacial score (nSPS) is 24.4. The second-order valence-corrected chi connectivity index (χ2v) is 7.57. The third-order valence-electron chi connectivity index (χ3n) is 5.29. The predicted octanol–water partition coefficient (Wildman–Crippen LogP) is 3.29. The van der Waals surface area contributed by atoms with Crippen molar-refractivity contribution >= 4 is 0 Å². The van der Waals surface area contributed by atoms with Crippen LogP contribution in [0.5, 0.6) is 0 Å². The van der Waals surface area contributed by atoms with Crippen molar-refractivity contribution in [2.75, 3.05) is 26.2 Å². The van der Waals surface area contributed by atoms with Gasteiger partial charge < -0.3 is 14.7 Å². The highest BCUT2D eigenvalue weighted by molar-refractivity contribution is 5.00. The van der Waals surface area contributed by atoms with Crippen LogP contribution in [0.2, 0.25) is 0 Å². The minimum absolute atomic E-state index is 0.315. The van der Waals surface area contributed by atoms with Crippen LogP contribution in [0.15, 0.2) is 4.52 Å². The Morgan fingerprint density at radius 3 is 2.74 bits per heavy atom. The van der Waals surface area contributed by atoms with Crippen molar-refractivity contribution in [3.8, 4) is 0 Å². The van der Waals surface area contributed by atoms with Gasteiger partial charge in [0.05, 0.1) is 0 Å². The summed E-state index contributed by atoms with van der Waals surface area (Å²) in [6, 6.07) is 0.759. The Morgan fingerprint density at radius 1 is 1.17 bits per heavy atom. The van der Waals surface area contributed by atoms with Crippen molar-refractivity contribution in [2.24, 2.45) is 0 Å². The molecule has 0 aromatic carbocycles. The molecule has 2 heterocycles. The van der Waals surface area contributed by atoms with Gasteiger partial charge in [0.25, 0.3) is 0 Å². The Labute approximate surface area is 140 Å². The Kier molecular flexibility index (Phi) is 6.06. The van der Waals surface area contributed by atoms with Gasteiger partial charge in [-0.3, -0.25) is 0 Å². The molecule has 1 saturated heterocycles. The number of likely N-dealkylation sites (tertiary alicyclic amines) is 1. The van der Waals surface area contributed by atoms with Crippen molar-refractivity contribution in [1.29, 1.82) is 0 Å². The molecule has 5 heteroatoms. The second-order valence-electron chi connectivity index (χ2n) is 7.57. The van der Waals surface area contributed by atoms with Crippen LogP contribution in [-0.4, -0.2) is 47.3 Å². The maximum atomic E-state index is 5.38. The van der Waals surface area contributed by atoms with Crippen LogP contribution in [0.4, 0.5) is 0 Å². The SMILES string of the molecule is CC(C)c1nc([C@H]2CCCN(CCNC3CCCCC3)C2)no1. The van der Waals surface area contributed by atoms with Crippen LogP contribution >= 0.6 is 0 Å². The van der Waals surface area contributed by atoms with E-state index in [0.29, 0.717) is 11.8 Å². The van der Waals surface area contributed by atoms with E-state index in [-0.39, 0.29) is 0 Å². The van der Waals surface area contributed by atoms with Crippen molar-refractivity contribution in [1.82, 2.24) is 20.4 Å². The van der Waals surface area contributed by atoms with Gasteiger partial charge in [0.2, 0.25) is 5.89 Å². The molecule has 1 aliphatic carbocycles. The van der Waals surface area contributed by atoms with E-state index >= 15 is 0 Å². The minimum atomic E-state index is 0.315. The highest BCUT2D eigenvalue weighted by atomic mass is 16.5. The number of nitrogens with zero attached hydrogens (tertiary/aromatic N) is 3. The summed E-state index contributed by atoms with van der Waals surface area (Å²) in [5, 5.41) is 7.97. The quantitative estimate of drug-likeness (QED) is 0.871. The molecule has 1 saturated carbocycles. The average molecular weight is 320 g/mol. The summed E-state index contributed by atoms with van der Waals surface area (Å²) >= 11 is 0. The van der Waals surface area contributed by atoms with Gasteiger partial charge >= 0.3 is 0 Å². The number of nitrogens with one attached hydrogen (secondary N) is 1. The molecule has 2 aliphatic rings. The Balaban J connectivity index is 1.44. The smallest absolute Gasteiger partial charge is 0.229 e. The van der Waals surface area contributed by atoms with Crippen molar-refractivity contribution in [3.63, 3.8) is 0 Å². The average Bonchev–Trinajstić information content (AvgIpc) is 3.07. The van der Waals surface area contributed by atoms with E-state index in [2.05, 4.69) is 34.2 Å². The van der Waals surface area contributed by atoms with Gasteiger partial charge in [-0.2, -0.15) is 4.98 Å². The van der Waals surface area contributed by atoms with Gasteiger partial charge in [0, 0.05) is 37.5 Å². The van der Waals surface area contributed by atoms with Crippen LogP contribution in [0.3, 0.4) is 0 Å². The van der Waals surface area contributed by atoms with E-state index in [1.807, 2.05) is 0 Å². The van der Waals surface area contributed by atoms with Crippen LogP contribution in [-0.2, 0) is 0 Å². The summed E-state index contributed by atoms with van der Waals surface area (Å²) in [6.07, 6.45) is 9.38. The van der Waals surface area contributed by atoms with Crippen LogP contribution in [0, 0.1) is 0 Å². The lowest BCUT2D eigenvalue weighted by Gasteiger charge is -2.32.